The van der Waals surface area contributed by atoms with Crippen LogP contribution in [-0.4, -0.2) is 45.9 Å². The van der Waals surface area contributed by atoms with Gasteiger partial charge in [-0.1, -0.05) is 0 Å². The lowest BCUT2D eigenvalue weighted by Gasteiger charge is -2.19. The topological polar surface area (TPSA) is 114 Å². The van der Waals surface area contributed by atoms with Crippen molar-refractivity contribution >= 4 is 17.8 Å². The Bertz CT molecular complexity index is 487. The predicted octanol–water partition coefficient (Wildman–Crippen LogP) is -0.273. The van der Waals surface area contributed by atoms with Crippen molar-refractivity contribution in [1.82, 2.24) is 9.88 Å². The third-order valence-corrected chi connectivity index (χ3v) is 2.26. The van der Waals surface area contributed by atoms with Crippen LogP contribution in [0.5, 0.6) is 0 Å². The molecule has 0 aliphatic heterocycles. The monoisotopic (exact) mass is 251 g/mol. The van der Waals surface area contributed by atoms with E-state index in [0.29, 0.717) is 0 Å². The van der Waals surface area contributed by atoms with Crippen LogP contribution >= 0.6 is 0 Å². The number of carboxylic acid groups (broad SMARTS) is 1. The van der Waals surface area contributed by atoms with Crippen LogP contribution in [0.4, 0.5) is 0 Å². The number of pyridine rings is 1. The van der Waals surface area contributed by atoms with Gasteiger partial charge >= 0.3 is 5.97 Å². The fourth-order valence-corrected chi connectivity index (χ4v) is 1.41. The minimum Gasteiger partial charge on any atom is -0.478 e. The van der Waals surface area contributed by atoms with Gasteiger partial charge in [0.25, 0.3) is 5.91 Å². The number of aromatic carboxylic acids is 1. The first kappa shape index (κ1) is 13.6. The zero-order valence-electron chi connectivity index (χ0n) is 9.79. The number of carbonyl (C=O) groups is 3. The van der Waals surface area contributed by atoms with Gasteiger partial charge in [0.2, 0.25) is 5.91 Å². The Morgan fingerprint density at radius 3 is 2.61 bits per heavy atom. The molecule has 0 aliphatic rings. The van der Waals surface area contributed by atoms with E-state index >= 15 is 0 Å². The number of carboxylic acids is 1. The molecule has 0 aromatic carbocycles. The van der Waals surface area contributed by atoms with Crippen molar-refractivity contribution in [3.63, 3.8) is 0 Å². The highest BCUT2D eigenvalue weighted by Gasteiger charge is 2.22. The minimum absolute atomic E-state index is 0.201. The Morgan fingerprint density at radius 1 is 1.44 bits per heavy atom. The quantitative estimate of drug-likeness (QED) is 0.747. The summed E-state index contributed by atoms with van der Waals surface area (Å²) in [6.07, 6.45) is 1.32. The number of hydrogen-bond acceptors (Lipinski definition) is 4. The van der Waals surface area contributed by atoms with E-state index in [9.17, 15) is 14.4 Å². The predicted molar refractivity (Wildman–Crippen MR) is 62.0 cm³/mol. The standard InChI is InChI=1S/C11H13N3O4/c1-2-14(6-8(12)15)10(16)9-7(11(17)18)4-3-5-13-9/h3-5H,2,6H2,1H3,(H2,12,15)(H,17,18). The molecule has 1 aromatic rings. The number of rotatable bonds is 5. The number of aromatic nitrogens is 1. The van der Waals surface area contributed by atoms with E-state index in [1.54, 1.807) is 6.92 Å². The van der Waals surface area contributed by atoms with Crippen molar-refractivity contribution in [2.45, 2.75) is 6.92 Å². The summed E-state index contributed by atoms with van der Waals surface area (Å²) >= 11 is 0. The number of amides is 2. The summed E-state index contributed by atoms with van der Waals surface area (Å²) in [5.41, 5.74) is 4.61. The number of primary amides is 1. The maximum absolute atomic E-state index is 12.0. The van der Waals surface area contributed by atoms with Gasteiger partial charge in [-0.15, -0.1) is 0 Å². The zero-order chi connectivity index (χ0) is 13.7. The van der Waals surface area contributed by atoms with Gasteiger partial charge in [-0.2, -0.15) is 0 Å². The molecule has 1 heterocycles. The van der Waals surface area contributed by atoms with Crippen LogP contribution < -0.4 is 5.73 Å². The first-order valence-electron chi connectivity index (χ1n) is 5.23. The third-order valence-electron chi connectivity index (χ3n) is 2.26. The molecule has 1 aromatic heterocycles. The summed E-state index contributed by atoms with van der Waals surface area (Å²) in [4.78, 5) is 38.7. The molecular weight excluding hydrogens is 238 g/mol. The highest BCUT2D eigenvalue weighted by molar-refractivity contribution is 6.04. The van der Waals surface area contributed by atoms with E-state index < -0.39 is 17.8 Å². The van der Waals surface area contributed by atoms with E-state index in [0.717, 1.165) is 4.90 Å². The van der Waals surface area contributed by atoms with Crippen molar-refractivity contribution in [1.29, 1.82) is 0 Å². The lowest BCUT2D eigenvalue weighted by molar-refractivity contribution is -0.118. The first-order valence-corrected chi connectivity index (χ1v) is 5.23. The lowest BCUT2D eigenvalue weighted by Crippen LogP contribution is -2.39. The Morgan fingerprint density at radius 2 is 2.11 bits per heavy atom. The zero-order valence-corrected chi connectivity index (χ0v) is 9.79. The maximum atomic E-state index is 12.0. The molecule has 0 saturated heterocycles. The molecule has 0 bridgehead atoms. The smallest absolute Gasteiger partial charge is 0.338 e. The van der Waals surface area contributed by atoms with Crippen molar-refractivity contribution < 1.29 is 19.5 Å². The van der Waals surface area contributed by atoms with Crippen LogP contribution in [0.1, 0.15) is 27.8 Å². The third kappa shape index (κ3) is 3.03. The normalized spacial score (nSPS) is 9.83. The largest absolute Gasteiger partial charge is 0.478 e. The molecule has 7 nitrogen and oxygen atoms in total. The van der Waals surface area contributed by atoms with E-state index in [2.05, 4.69) is 4.98 Å². The first-order chi connectivity index (χ1) is 8.47. The summed E-state index contributed by atoms with van der Waals surface area (Å²) < 4.78 is 0. The van der Waals surface area contributed by atoms with Gasteiger partial charge in [0.05, 0.1) is 12.1 Å². The van der Waals surface area contributed by atoms with E-state index in [1.807, 2.05) is 0 Å². The van der Waals surface area contributed by atoms with Gasteiger partial charge in [0.15, 0.2) is 0 Å². The molecule has 1 rings (SSSR count). The van der Waals surface area contributed by atoms with Crippen LogP contribution in [0, 0.1) is 0 Å². The Balaban J connectivity index is 3.09. The molecule has 0 spiro atoms. The summed E-state index contributed by atoms with van der Waals surface area (Å²) in [5, 5.41) is 8.95. The molecular formula is C11H13N3O4. The number of hydrogen-bond donors (Lipinski definition) is 2. The van der Waals surface area contributed by atoms with E-state index in [4.69, 9.17) is 10.8 Å². The van der Waals surface area contributed by atoms with Gasteiger partial charge in [-0.3, -0.25) is 14.6 Å². The molecule has 0 saturated carbocycles. The van der Waals surface area contributed by atoms with Crippen LogP contribution in [0.2, 0.25) is 0 Å². The average molecular weight is 251 g/mol. The second-order valence-electron chi connectivity index (χ2n) is 3.49. The van der Waals surface area contributed by atoms with Crippen molar-refractivity contribution in [3.8, 4) is 0 Å². The Labute approximate surface area is 103 Å². The van der Waals surface area contributed by atoms with Gasteiger partial charge in [-0.25, -0.2) is 4.79 Å². The molecule has 0 radical (unpaired) electrons. The van der Waals surface area contributed by atoms with E-state index in [-0.39, 0.29) is 24.3 Å². The van der Waals surface area contributed by atoms with Gasteiger partial charge in [-0.05, 0) is 19.1 Å². The van der Waals surface area contributed by atoms with Crippen molar-refractivity contribution in [2.24, 2.45) is 5.73 Å². The van der Waals surface area contributed by atoms with E-state index in [1.165, 1.54) is 18.3 Å². The number of carbonyl (C=O) groups excluding carboxylic acids is 2. The van der Waals surface area contributed by atoms with Gasteiger partial charge < -0.3 is 15.7 Å². The average Bonchev–Trinajstić information content (AvgIpc) is 2.34. The van der Waals surface area contributed by atoms with Crippen LogP contribution in [0.15, 0.2) is 18.3 Å². The minimum atomic E-state index is -1.25. The number of nitrogens with two attached hydrogens (primary N) is 1. The molecule has 0 aliphatic carbocycles. The van der Waals surface area contributed by atoms with Crippen LogP contribution in [0.3, 0.4) is 0 Å². The molecule has 2 amide bonds. The summed E-state index contributed by atoms with van der Waals surface area (Å²) in [5.74, 6) is -2.55. The second kappa shape index (κ2) is 5.76. The van der Waals surface area contributed by atoms with Crippen molar-refractivity contribution in [3.05, 3.63) is 29.6 Å². The molecule has 0 fully saturated rings. The molecule has 3 N–H and O–H groups in total. The SMILES string of the molecule is CCN(CC(N)=O)C(=O)c1ncccc1C(=O)O. The summed E-state index contributed by atoms with van der Waals surface area (Å²) in [7, 11) is 0. The van der Waals surface area contributed by atoms with Gasteiger partial charge in [0.1, 0.15) is 5.69 Å². The highest BCUT2D eigenvalue weighted by atomic mass is 16.4. The number of likely N-dealkylation sites (N-methyl/N-ethyl adjacent to an activating group) is 1. The fourth-order valence-electron chi connectivity index (χ4n) is 1.41. The summed E-state index contributed by atoms with van der Waals surface area (Å²) in [6, 6.07) is 2.70. The summed E-state index contributed by atoms with van der Waals surface area (Å²) in [6.45, 7) is 1.62. The molecule has 18 heavy (non-hydrogen) atoms. The van der Waals surface area contributed by atoms with Crippen LogP contribution in [0.25, 0.3) is 0 Å². The fraction of sp³-hybridized carbons (Fsp3) is 0.273. The highest BCUT2D eigenvalue weighted by Crippen LogP contribution is 2.08. The Kier molecular flexibility index (Phi) is 4.36. The molecule has 0 atom stereocenters. The van der Waals surface area contributed by atoms with Gasteiger partial charge in [0, 0.05) is 12.7 Å². The maximum Gasteiger partial charge on any atom is 0.338 e. The van der Waals surface area contributed by atoms with Crippen LogP contribution in [-0.2, 0) is 4.79 Å². The molecule has 0 unspecified atom stereocenters. The Hall–Kier alpha value is -2.44. The van der Waals surface area contributed by atoms with Crippen molar-refractivity contribution in [2.75, 3.05) is 13.1 Å². The lowest BCUT2D eigenvalue weighted by atomic mass is 10.1. The molecule has 7 heteroatoms. The molecule has 96 valence electrons. The number of nitrogens with zero attached hydrogens (tertiary/aromatic N) is 2. The second-order valence-corrected chi connectivity index (χ2v) is 3.49.